The molecule has 0 aliphatic rings. The van der Waals surface area contributed by atoms with Gasteiger partial charge in [-0.2, -0.15) is 0 Å². The highest BCUT2D eigenvalue weighted by molar-refractivity contribution is 7.48. The van der Waals surface area contributed by atoms with Crippen LogP contribution < -0.4 is 4.89 Å². The molecular weight excluding hydrogens is 451 g/mol. The maximum Gasteiger partial charge on any atom is 0.511 e. The molecule has 0 saturated heterocycles. The minimum atomic E-state index is -3.82. The molecule has 6 nitrogen and oxygen atoms in total. The fourth-order valence-electron chi connectivity index (χ4n) is 3.65. The first-order valence-electron chi connectivity index (χ1n) is 13.6. The van der Waals surface area contributed by atoms with E-state index < -0.39 is 7.82 Å². The molecule has 0 aromatic heterocycles. The molecule has 0 radical (unpaired) electrons. The van der Waals surface area contributed by atoms with E-state index in [4.69, 9.17) is 23.3 Å². The van der Waals surface area contributed by atoms with Crippen LogP contribution in [0.1, 0.15) is 110 Å². The molecule has 0 spiro atoms. The van der Waals surface area contributed by atoms with Crippen LogP contribution in [0.15, 0.2) is 30.3 Å². The molecule has 0 bridgehead atoms. The number of benzene rings is 1. The Kier molecular flexibility index (Phi) is 20.6. The molecule has 0 heterocycles. The quantitative estimate of drug-likeness (QED) is 0.0577. The van der Waals surface area contributed by atoms with Crippen LogP contribution in [0.2, 0.25) is 0 Å². The minimum Gasteiger partial charge on any atom is -0.379 e. The Morgan fingerprint density at radius 2 is 1.12 bits per heavy atom. The third kappa shape index (κ3) is 18.4. The summed E-state index contributed by atoms with van der Waals surface area (Å²) < 4.78 is 34.0. The summed E-state index contributed by atoms with van der Waals surface area (Å²) in [7, 11) is -3.82. The molecule has 1 rings (SSSR count). The van der Waals surface area contributed by atoms with Gasteiger partial charge in [0.05, 0.1) is 19.8 Å². The van der Waals surface area contributed by atoms with Gasteiger partial charge in [0.2, 0.25) is 0 Å². The summed E-state index contributed by atoms with van der Waals surface area (Å²) in [6.07, 6.45) is 19.4. The second-order valence-electron chi connectivity index (χ2n) is 8.73. The van der Waals surface area contributed by atoms with Crippen molar-refractivity contribution in [1.82, 2.24) is 0 Å². The van der Waals surface area contributed by atoms with Crippen molar-refractivity contribution in [2.45, 2.75) is 110 Å². The van der Waals surface area contributed by atoms with Crippen LogP contribution in [0.3, 0.4) is 0 Å². The number of phosphoric ester groups is 1. The van der Waals surface area contributed by atoms with Crippen LogP contribution in [0.25, 0.3) is 0 Å². The van der Waals surface area contributed by atoms with Gasteiger partial charge >= 0.3 is 7.82 Å². The van der Waals surface area contributed by atoms with Crippen molar-refractivity contribution >= 4 is 7.82 Å². The summed E-state index contributed by atoms with van der Waals surface area (Å²) >= 11 is 0. The Hall–Kier alpha value is -0.910. The van der Waals surface area contributed by atoms with Crippen LogP contribution in [-0.2, 0) is 23.0 Å². The van der Waals surface area contributed by atoms with Crippen LogP contribution in [0.5, 0.6) is 5.75 Å². The highest BCUT2D eigenvalue weighted by Crippen LogP contribution is 2.49. The number of hydrogen-bond donors (Lipinski definition) is 0. The maximum absolute atomic E-state index is 12.9. The van der Waals surface area contributed by atoms with E-state index in [0.717, 1.165) is 19.3 Å². The molecule has 34 heavy (non-hydrogen) atoms. The van der Waals surface area contributed by atoms with Crippen molar-refractivity contribution in [2.24, 2.45) is 0 Å². The van der Waals surface area contributed by atoms with Crippen molar-refractivity contribution in [3.63, 3.8) is 0 Å². The van der Waals surface area contributed by atoms with E-state index in [1.165, 1.54) is 77.0 Å². The minimum absolute atomic E-state index is 0.113. The number of phosphoric acid groups is 1. The normalized spacial score (nSPS) is 13.1. The SMILES string of the molecule is CCCCCCCCCCCCCCCCCOP(=O)(OCCOCC)OOc1ccccc1. The van der Waals surface area contributed by atoms with Gasteiger partial charge in [0.15, 0.2) is 5.75 Å². The highest BCUT2D eigenvalue weighted by Gasteiger charge is 2.29. The molecule has 1 aromatic carbocycles. The highest BCUT2D eigenvalue weighted by atomic mass is 31.2. The molecule has 0 aliphatic heterocycles. The number of ether oxygens (including phenoxy) is 1. The van der Waals surface area contributed by atoms with Gasteiger partial charge in [0.1, 0.15) is 0 Å². The Morgan fingerprint density at radius 1 is 0.618 bits per heavy atom. The Morgan fingerprint density at radius 3 is 1.65 bits per heavy atom. The Labute approximate surface area is 208 Å². The molecular formula is C27H49O6P. The summed E-state index contributed by atoms with van der Waals surface area (Å²) in [4.78, 5) is 5.15. The lowest BCUT2D eigenvalue weighted by Crippen LogP contribution is -2.08. The predicted octanol–water partition coefficient (Wildman–Crippen LogP) is 9.05. The maximum atomic E-state index is 12.9. The van der Waals surface area contributed by atoms with E-state index in [1.54, 1.807) is 24.3 Å². The molecule has 7 heteroatoms. The van der Waals surface area contributed by atoms with Gasteiger partial charge in [-0.05, 0) is 25.5 Å². The zero-order valence-electron chi connectivity index (χ0n) is 21.7. The lowest BCUT2D eigenvalue weighted by molar-refractivity contribution is -0.133. The first-order valence-corrected chi connectivity index (χ1v) is 15.0. The van der Waals surface area contributed by atoms with Gasteiger partial charge in [-0.25, -0.2) is 4.57 Å². The second-order valence-corrected chi connectivity index (χ2v) is 10.3. The van der Waals surface area contributed by atoms with E-state index in [2.05, 4.69) is 6.92 Å². The lowest BCUT2D eigenvalue weighted by Gasteiger charge is -2.17. The fraction of sp³-hybridized carbons (Fsp3) is 0.778. The standard InChI is InChI=1S/C27H49O6P/c1-3-5-6-7-8-9-10-11-12-13-14-15-16-17-21-24-30-34(28,31-26-25-29-4-2)33-32-27-22-19-18-20-23-27/h18-20,22-23H,3-17,21,24-26H2,1-2H3. The first-order chi connectivity index (χ1) is 16.7. The van der Waals surface area contributed by atoms with Crippen molar-refractivity contribution in [1.29, 1.82) is 0 Å². The molecule has 0 saturated carbocycles. The Bertz CT molecular complexity index is 598. The molecule has 1 aromatic rings. The molecule has 1 unspecified atom stereocenters. The van der Waals surface area contributed by atoms with E-state index in [1.807, 2.05) is 13.0 Å². The summed E-state index contributed by atoms with van der Waals surface area (Å²) in [5, 5.41) is 0. The Balaban J connectivity index is 2.06. The summed E-state index contributed by atoms with van der Waals surface area (Å²) in [5.74, 6) is 0.437. The van der Waals surface area contributed by atoms with Crippen LogP contribution in [-0.4, -0.2) is 26.4 Å². The summed E-state index contributed by atoms with van der Waals surface area (Å²) in [5.41, 5.74) is 0. The van der Waals surface area contributed by atoms with Gasteiger partial charge in [0, 0.05) is 6.61 Å². The average molecular weight is 501 g/mol. The summed E-state index contributed by atoms with van der Waals surface area (Å²) in [6, 6.07) is 8.88. The molecule has 0 fully saturated rings. The molecule has 1 atom stereocenters. The van der Waals surface area contributed by atoms with Gasteiger partial charge in [-0.15, -0.1) is 0 Å². The van der Waals surface area contributed by atoms with Gasteiger partial charge in [0.25, 0.3) is 0 Å². The zero-order valence-corrected chi connectivity index (χ0v) is 22.6. The van der Waals surface area contributed by atoms with Gasteiger partial charge < -0.3 is 9.62 Å². The predicted molar refractivity (Wildman–Crippen MR) is 139 cm³/mol. The molecule has 0 N–H and O–H groups in total. The third-order valence-corrected chi connectivity index (χ3v) is 6.90. The number of hydrogen-bond acceptors (Lipinski definition) is 6. The number of unbranched alkanes of at least 4 members (excludes halogenated alkanes) is 14. The monoisotopic (exact) mass is 500 g/mol. The average Bonchev–Trinajstić information content (AvgIpc) is 2.86. The van der Waals surface area contributed by atoms with Crippen molar-refractivity contribution in [3.05, 3.63) is 30.3 Å². The van der Waals surface area contributed by atoms with Crippen LogP contribution in [0, 0.1) is 0 Å². The van der Waals surface area contributed by atoms with E-state index in [-0.39, 0.29) is 6.61 Å². The number of para-hydroxylation sites is 1. The molecule has 0 aliphatic carbocycles. The van der Waals surface area contributed by atoms with Crippen LogP contribution >= 0.6 is 7.82 Å². The van der Waals surface area contributed by atoms with Crippen LogP contribution in [0.4, 0.5) is 0 Å². The summed E-state index contributed by atoms with van der Waals surface area (Å²) in [6.45, 7) is 5.46. The second kappa shape index (κ2) is 22.5. The third-order valence-electron chi connectivity index (χ3n) is 5.65. The first kappa shape index (κ1) is 31.1. The fourth-order valence-corrected chi connectivity index (χ4v) is 4.64. The van der Waals surface area contributed by atoms with Crippen molar-refractivity contribution in [3.8, 4) is 5.75 Å². The molecule has 198 valence electrons. The van der Waals surface area contributed by atoms with E-state index >= 15 is 0 Å². The topological polar surface area (TPSA) is 63.2 Å². The smallest absolute Gasteiger partial charge is 0.379 e. The van der Waals surface area contributed by atoms with Crippen molar-refractivity contribution < 1.29 is 27.9 Å². The van der Waals surface area contributed by atoms with Gasteiger partial charge in [-0.3, -0.25) is 9.05 Å². The van der Waals surface area contributed by atoms with Gasteiger partial charge in [-0.1, -0.05) is 120 Å². The van der Waals surface area contributed by atoms with Crippen molar-refractivity contribution in [2.75, 3.05) is 26.4 Å². The largest absolute Gasteiger partial charge is 0.511 e. The lowest BCUT2D eigenvalue weighted by atomic mass is 10.0. The number of rotatable bonds is 25. The van der Waals surface area contributed by atoms with E-state index in [0.29, 0.717) is 25.6 Å². The van der Waals surface area contributed by atoms with E-state index in [9.17, 15) is 4.57 Å². The zero-order chi connectivity index (χ0) is 24.6. The molecule has 0 amide bonds.